The third-order valence-electron chi connectivity index (χ3n) is 7.01. The summed E-state index contributed by atoms with van der Waals surface area (Å²) in [7, 11) is 0. The van der Waals surface area contributed by atoms with E-state index in [2.05, 4.69) is 104 Å². The minimum atomic E-state index is -0.370. The van der Waals surface area contributed by atoms with E-state index < -0.39 is 0 Å². The highest BCUT2D eigenvalue weighted by molar-refractivity contribution is 7.19. The maximum Gasteiger partial charge on any atom is 0.0992 e. The van der Waals surface area contributed by atoms with Crippen molar-refractivity contribution in [1.82, 2.24) is 29.5 Å². The zero-order valence-corrected chi connectivity index (χ0v) is 25.4. The summed E-state index contributed by atoms with van der Waals surface area (Å²) in [5, 5.41) is 12.2. The molecule has 0 saturated heterocycles. The average Bonchev–Trinajstić information content (AvgIpc) is 3.65. The molecule has 200 valence electrons. The molecule has 0 spiro atoms. The lowest BCUT2D eigenvalue weighted by Gasteiger charge is -2.19. The second kappa shape index (κ2) is 8.83. The lowest BCUT2D eigenvalue weighted by Crippen LogP contribution is -2.21. The van der Waals surface area contributed by atoms with E-state index in [0.717, 1.165) is 43.8 Å². The first-order valence-electron chi connectivity index (χ1n) is 13.2. The highest BCUT2D eigenvalue weighted by Crippen LogP contribution is 2.34. The van der Waals surface area contributed by atoms with E-state index in [4.69, 9.17) is 20.2 Å². The zero-order chi connectivity index (χ0) is 27.7. The van der Waals surface area contributed by atoms with E-state index in [-0.39, 0.29) is 16.2 Å². The Hall–Kier alpha value is -3.36. The summed E-state index contributed by atoms with van der Waals surface area (Å²) in [6.45, 7) is 17.6. The summed E-state index contributed by atoms with van der Waals surface area (Å²) in [5.41, 5.74) is 5.68. The Kier molecular flexibility index (Phi) is 5.86. The van der Waals surface area contributed by atoms with Crippen LogP contribution in [0.4, 0.5) is 0 Å². The Balaban J connectivity index is 1.28. The predicted molar refractivity (Wildman–Crippen MR) is 163 cm³/mol. The van der Waals surface area contributed by atoms with Gasteiger partial charge < -0.3 is 0 Å². The lowest BCUT2D eigenvalue weighted by molar-refractivity contribution is 0.576. The fraction of sp³-hybridized carbons (Fsp3) is 0.355. The quantitative estimate of drug-likeness (QED) is 0.220. The van der Waals surface area contributed by atoms with E-state index in [9.17, 15) is 0 Å². The lowest BCUT2D eigenvalue weighted by atomic mass is 9.86. The first-order valence-corrected chi connectivity index (χ1v) is 14.9. The van der Waals surface area contributed by atoms with Gasteiger partial charge in [0.1, 0.15) is 0 Å². The maximum atomic E-state index is 4.97. The summed E-state index contributed by atoms with van der Waals surface area (Å²) in [6.07, 6.45) is 4.05. The topological polar surface area (TPSA) is 61.4 Å². The molecule has 0 amide bonds. The first kappa shape index (κ1) is 25.9. The number of nitrogens with zero attached hydrogens (tertiary/aromatic N) is 6. The zero-order valence-electron chi connectivity index (χ0n) is 23.8. The Labute approximate surface area is 237 Å². The van der Waals surface area contributed by atoms with Gasteiger partial charge >= 0.3 is 0 Å². The van der Waals surface area contributed by atoms with Gasteiger partial charge in [-0.1, -0.05) is 41.5 Å². The molecule has 0 bridgehead atoms. The molecule has 2 aromatic carbocycles. The Morgan fingerprint density at radius 2 is 0.974 bits per heavy atom. The third-order valence-corrected chi connectivity index (χ3v) is 9.94. The molecule has 0 radical (unpaired) electrons. The van der Waals surface area contributed by atoms with Crippen molar-refractivity contribution in [3.63, 3.8) is 0 Å². The molecule has 8 heteroatoms. The summed E-state index contributed by atoms with van der Waals surface area (Å²) in [4.78, 5) is 9.80. The predicted octanol–water partition coefficient (Wildman–Crippen LogP) is 8.20. The van der Waals surface area contributed by atoms with Crippen molar-refractivity contribution >= 4 is 43.1 Å². The molecule has 0 unspecified atom stereocenters. The number of hydrogen-bond acceptors (Lipinski definition) is 6. The molecule has 0 aliphatic carbocycles. The molecule has 6 nitrogen and oxygen atoms in total. The van der Waals surface area contributed by atoms with Crippen LogP contribution in [-0.4, -0.2) is 29.5 Å². The number of thiazole rings is 2. The number of hydrogen-bond donors (Lipinski definition) is 0. The normalized spacial score (nSPS) is 13.1. The van der Waals surface area contributed by atoms with E-state index >= 15 is 0 Å². The van der Waals surface area contributed by atoms with Crippen molar-refractivity contribution in [3.05, 3.63) is 82.3 Å². The van der Waals surface area contributed by atoms with Gasteiger partial charge in [-0.25, -0.2) is 19.3 Å². The van der Waals surface area contributed by atoms with Gasteiger partial charge in [0.05, 0.1) is 58.6 Å². The third kappa shape index (κ3) is 4.70. The minimum Gasteiger partial charge on any atom is -0.241 e. The van der Waals surface area contributed by atoms with Crippen molar-refractivity contribution in [2.75, 3.05) is 0 Å². The van der Waals surface area contributed by atoms with Gasteiger partial charge in [0, 0.05) is 23.2 Å². The van der Waals surface area contributed by atoms with E-state index in [1.807, 2.05) is 21.8 Å². The van der Waals surface area contributed by atoms with Gasteiger partial charge in [-0.05, 0) is 62.4 Å². The summed E-state index contributed by atoms with van der Waals surface area (Å²) in [5.74, 6) is 0. The fourth-order valence-electron chi connectivity index (χ4n) is 4.49. The monoisotopic (exact) mass is 554 g/mol. The molecule has 0 saturated carbocycles. The summed E-state index contributed by atoms with van der Waals surface area (Å²) in [6, 6.07) is 16.9. The number of aromatic nitrogens is 6. The number of rotatable bonds is 4. The van der Waals surface area contributed by atoms with Crippen molar-refractivity contribution in [2.24, 2.45) is 0 Å². The second-order valence-corrected chi connectivity index (χ2v) is 14.8. The molecule has 0 aliphatic rings. The highest BCUT2D eigenvalue weighted by Gasteiger charge is 2.29. The van der Waals surface area contributed by atoms with Gasteiger partial charge in [-0.15, -0.1) is 22.7 Å². The molecule has 0 atom stereocenters. The van der Waals surface area contributed by atoms with Crippen LogP contribution >= 0.6 is 22.7 Å². The number of fused-ring (bicyclic) bond motifs is 2. The molecule has 6 rings (SSSR count). The largest absolute Gasteiger partial charge is 0.241 e. The van der Waals surface area contributed by atoms with Crippen LogP contribution in [0.1, 0.15) is 76.8 Å². The molecule has 0 N–H and O–H groups in total. The van der Waals surface area contributed by atoms with Crippen LogP contribution in [0.5, 0.6) is 0 Å². The molecule has 0 aliphatic heterocycles. The van der Waals surface area contributed by atoms with Crippen molar-refractivity contribution in [2.45, 2.75) is 71.6 Å². The van der Waals surface area contributed by atoms with Gasteiger partial charge in [0.2, 0.25) is 0 Å². The van der Waals surface area contributed by atoms with Crippen LogP contribution in [0, 0.1) is 0 Å². The van der Waals surface area contributed by atoms with E-state index in [1.54, 1.807) is 22.7 Å². The van der Waals surface area contributed by atoms with Crippen LogP contribution in [-0.2, 0) is 16.2 Å². The fourth-order valence-corrected chi connectivity index (χ4v) is 6.50. The van der Waals surface area contributed by atoms with Gasteiger partial charge in [0.15, 0.2) is 0 Å². The second-order valence-electron chi connectivity index (χ2n) is 12.8. The molecule has 6 aromatic rings. The van der Waals surface area contributed by atoms with Crippen LogP contribution in [0.2, 0.25) is 0 Å². The Morgan fingerprint density at radius 3 is 1.36 bits per heavy atom. The molecular weight excluding hydrogens is 521 g/mol. The first-order chi connectivity index (χ1) is 18.3. The van der Waals surface area contributed by atoms with Crippen LogP contribution in [0.15, 0.2) is 60.9 Å². The Bertz CT molecular complexity index is 1680. The maximum absolute atomic E-state index is 4.97. The molecule has 39 heavy (non-hydrogen) atoms. The van der Waals surface area contributed by atoms with Crippen molar-refractivity contribution in [3.8, 4) is 11.4 Å². The highest BCUT2D eigenvalue weighted by atomic mass is 32.1. The molecule has 4 aromatic heterocycles. The van der Waals surface area contributed by atoms with Gasteiger partial charge in [-0.2, -0.15) is 10.2 Å². The van der Waals surface area contributed by atoms with Crippen LogP contribution in [0.3, 0.4) is 0 Å². The Morgan fingerprint density at radius 1 is 0.564 bits per heavy atom. The summed E-state index contributed by atoms with van der Waals surface area (Å²) < 4.78 is 6.28. The standard InChI is InChI=1S/C31H34N6S2/c1-29(2,3)27-32-21-17-19(9-11-23(21)38-27)36-15-13-25(34-36)31(7,8)26-14-16-37(35-26)20-10-12-24-22(18-20)33-28(39-24)30(4,5)6/h9-18H,1-8H3. The van der Waals surface area contributed by atoms with Crippen LogP contribution < -0.4 is 0 Å². The van der Waals surface area contributed by atoms with Crippen molar-refractivity contribution < 1.29 is 0 Å². The minimum absolute atomic E-state index is 0.0392. The SMILES string of the molecule is CC(C)(C)c1nc2cc(-n3ccc(C(C)(C)c4ccn(-c5ccc6sc(C(C)(C)C)nc6c5)n4)n3)ccc2s1. The van der Waals surface area contributed by atoms with E-state index in [1.165, 1.54) is 9.40 Å². The number of benzene rings is 2. The van der Waals surface area contributed by atoms with Gasteiger partial charge in [-0.3, -0.25) is 0 Å². The van der Waals surface area contributed by atoms with Crippen molar-refractivity contribution in [1.29, 1.82) is 0 Å². The molecule has 4 heterocycles. The molecule has 0 fully saturated rings. The van der Waals surface area contributed by atoms with Gasteiger partial charge in [0.25, 0.3) is 0 Å². The van der Waals surface area contributed by atoms with Crippen LogP contribution in [0.25, 0.3) is 31.8 Å². The molecular formula is C31H34N6S2. The average molecular weight is 555 g/mol. The van der Waals surface area contributed by atoms with E-state index in [0.29, 0.717) is 0 Å². The smallest absolute Gasteiger partial charge is 0.0992 e. The summed E-state index contributed by atoms with van der Waals surface area (Å²) >= 11 is 3.53.